The van der Waals surface area contributed by atoms with Gasteiger partial charge >= 0.3 is 0 Å². The van der Waals surface area contributed by atoms with Crippen molar-refractivity contribution in [3.8, 4) is 5.75 Å². The van der Waals surface area contributed by atoms with Gasteiger partial charge < -0.3 is 20.5 Å². The lowest BCUT2D eigenvalue weighted by molar-refractivity contribution is -0.123. The van der Waals surface area contributed by atoms with Gasteiger partial charge in [0.15, 0.2) is 6.61 Å². The Hall–Kier alpha value is -1.59. The molecule has 0 aliphatic carbocycles. The van der Waals surface area contributed by atoms with Gasteiger partial charge in [-0.05, 0) is 18.9 Å². The van der Waals surface area contributed by atoms with Crippen LogP contribution in [0.15, 0.2) is 24.3 Å². The second-order valence-electron chi connectivity index (χ2n) is 4.54. The highest BCUT2D eigenvalue weighted by atomic mass is 16.5. The molecular formula is C14H20N2O3. The lowest BCUT2D eigenvalue weighted by atomic mass is 10.2. The number of amides is 1. The van der Waals surface area contributed by atoms with Crippen molar-refractivity contribution in [3.05, 3.63) is 29.8 Å². The summed E-state index contributed by atoms with van der Waals surface area (Å²) in [5, 5.41) is 2.81. The molecule has 1 unspecified atom stereocenters. The zero-order valence-electron chi connectivity index (χ0n) is 10.9. The quantitative estimate of drug-likeness (QED) is 0.798. The Kier molecular flexibility index (Phi) is 5.18. The van der Waals surface area contributed by atoms with Gasteiger partial charge in [-0.3, -0.25) is 4.79 Å². The maximum Gasteiger partial charge on any atom is 0.258 e. The minimum Gasteiger partial charge on any atom is -0.483 e. The van der Waals surface area contributed by atoms with Crippen molar-refractivity contribution < 1.29 is 14.3 Å². The zero-order chi connectivity index (χ0) is 13.5. The standard InChI is InChI=1S/C14H20N2O3/c15-8-11-4-1-2-6-13(11)19-10-14(17)16-9-12-5-3-7-18-12/h1-2,4,6,12H,3,5,7-10,15H2,(H,16,17). The molecule has 2 rings (SSSR count). The van der Waals surface area contributed by atoms with E-state index in [1.165, 1.54) is 0 Å². The molecule has 19 heavy (non-hydrogen) atoms. The van der Waals surface area contributed by atoms with E-state index in [0.29, 0.717) is 18.8 Å². The number of carbonyl (C=O) groups excluding carboxylic acids is 1. The molecule has 104 valence electrons. The van der Waals surface area contributed by atoms with Crippen molar-refractivity contribution in [2.24, 2.45) is 5.73 Å². The molecule has 5 heteroatoms. The number of benzene rings is 1. The first kappa shape index (κ1) is 13.8. The Labute approximate surface area is 113 Å². The van der Waals surface area contributed by atoms with E-state index in [2.05, 4.69) is 5.32 Å². The van der Waals surface area contributed by atoms with Gasteiger partial charge in [0.25, 0.3) is 5.91 Å². The maximum absolute atomic E-state index is 11.6. The fraction of sp³-hybridized carbons (Fsp3) is 0.500. The predicted octanol–water partition coefficient (Wildman–Crippen LogP) is 0.819. The van der Waals surface area contributed by atoms with Gasteiger partial charge in [-0.15, -0.1) is 0 Å². The van der Waals surface area contributed by atoms with Crippen LogP contribution in [0.25, 0.3) is 0 Å². The molecule has 1 atom stereocenters. The Balaban J connectivity index is 1.73. The Morgan fingerprint density at radius 2 is 2.32 bits per heavy atom. The average molecular weight is 264 g/mol. The fourth-order valence-electron chi connectivity index (χ4n) is 2.04. The van der Waals surface area contributed by atoms with Crippen LogP contribution in [0.5, 0.6) is 5.75 Å². The van der Waals surface area contributed by atoms with Crippen LogP contribution in [0.1, 0.15) is 18.4 Å². The number of ether oxygens (including phenoxy) is 2. The van der Waals surface area contributed by atoms with E-state index in [1.807, 2.05) is 24.3 Å². The van der Waals surface area contributed by atoms with E-state index in [4.69, 9.17) is 15.2 Å². The topological polar surface area (TPSA) is 73.6 Å². The largest absolute Gasteiger partial charge is 0.483 e. The van der Waals surface area contributed by atoms with Gasteiger partial charge in [0.1, 0.15) is 5.75 Å². The highest BCUT2D eigenvalue weighted by molar-refractivity contribution is 5.77. The van der Waals surface area contributed by atoms with Crippen LogP contribution < -0.4 is 15.8 Å². The summed E-state index contributed by atoms with van der Waals surface area (Å²) in [6.45, 7) is 1.75. The molecule has 0 aromatic heterocycles. The molecule has 3 N–H and O–H groups in total. The number of carbonyl (C=O) groups is 1. The maximum atomic E-state index is 11.6. The lowest BCUT2D eigenvalue weighted by Crippen LogP contribution is -2.35. The fourth-order valence-corrected chi connectivity index (χ4v) is 2.04. The number of rotatable bonds is 6. The molecule has 1 heterocycles. The van der Waals surface area contributed by atoms with Gasteiger partial charge in [-0.1, -0.05) is 18.2 Å². The number of para-hydroxylation sites is 1. The van der Waals surface area contributed by atoms with Crippen LogP contribution in [-0.4, -0.2) is 31.8 Å². The van der Waals surface area contributed by atoms with Crippen molar-refractivity contribution in [1.82, 2.24) is 5.32 Å². The Morgan fingerprint density at radius 1 is 1.47 bits per heavy atom. The summed E-state index contributed by atoms with van der Waals surface area (Å²) in [5.41, 5.74) is 6.50. The van der Waals surface area contributed by atoms with Gasteiger partial charge in [0.05, 0.1) is 6.10 Å². The average Bonchev–Trinajstić information content (AvgIpc) is 2.96. The Bertz CT molecular complexity index is 417. The van der Waals surface area contributed by atoms with Crippen molar-refractivity contribution >= 4 is 5.91 Å². The smallest absolute Gasteiger partial charge is 0.258 e. The summed E-state index contributed by atoms with van der Waals surface area (Å²) in [6.07, 6.45) is 2.23. The molecule has 1 aromatic rings. The first-order valence-electron chi connectivity index (χ1n) is 6.58. The van der Waals surface area contributed by atoms with Crippen LogP contribution in [0, 0.1) is 0 Å². The number of hydrogen-bond acceptors (Lipinski definition) is 4. The third-order valence-electron chi connectivity index (χ3n) is 3.10. The van der Waals surface area contributed by atoms with Crippen molar-refractivity contribution in [1.29, 1.82) is 0 Å². The highest BCUT2D eigenvalue weighted by Gasteiger charge is 2.16. The predicted molar refractivity (Wildman–Crippen MR) is 71.8 cm³/mol. The molecule has 1 saturated heterocycles. The van der Waals surface area contributed by atoms with Gasteiger partial charge in [-0.25, -0.2) is 0 Å². The van der Waals surface area contributed by atoms with E-state index in [1.54, 1.807) is 0 Å². The lowest BCUT2D eigenvalue weighted by Gasteiger charge is -2.12. The molecule has 0 radical (unpaired) electrons. The number of nitrogens with two attached hydrogens (primary N) is 1. The van der Waals surface area contributed by atoms with E-state index in [-0.39, 0.29) is 18.6 Å². The number of nitrogens with one attached hydrogen (secondary N) is 1. The highest BCUT2D eigenvalue weighted by Crippen LogP contribution is 2.16. The zero-order valence-corrected chi connectivity index (χ0v) is 10.9. The SMILES string of the molecule is NCc1ccccc1OCC(=O)NCC1CCCO1. The molecule has 1 amide bonds. The van der Waals surface area contributed by atoms with Crippen molar-refractivity contribution in [3.63, 3.8) is 0 Å². The molecule has 5 nitrogen and oxygen atoms in total. The van der Waals surface area contributed by atoms with E-state index < -0.39 is 0 Å². The second kappa shape index (κ2) is 7.11. The first-order chi connectivity index (χ1) is 9.29. The van der Waals surface area contributed by atoms with Gasteiger partial charge in [-0.2, -0.15) is 0 Å². The van der Waals surface area contributed by atoms with Crippen molar-refractivity contribution in [2.75, 3.05) is 19.8 Å². The number of hydrogen-bond donors (Lipinski definition) is 2. The van der Waals surface area contributed by atoms with Crippen LogP contribution >= 0.6 is 0 Å². The van der Waals surface area contributed by atoms with Crippen LogP contribution in [0.2, 0.25) is 0 Å². The summed E-state index contributed by atoms with van der Waals surface area (Å²) in [5.74, 6) is 0.527. The van der Waals surface area contributed by atoms with Crippen molar-refractivity contribution in [2.45, 2.75) is 25.5 Å². The Morgan fingerprint density at radius 3 is 3.05 bits per heavy atom. The molecule has 0 saturated carbocycles. The summed E-state index contributed by atoms with van der Waals surface area (Å²) in [4.78, 5) is 11.6. The van der Waals surface area contributed by atoms with E-state index >= 15 is 0 Å². The van der Waals surface area contributed by atoms with Crippen LogP contribution in [-0.2, 0) is 16.1 Å². The molecule has 0 bridgehead atoms. The first-order valence-corrected chi connectivity index (χ1v) is 6.58. The van der Waals surface area contributed by atoms with Gasteiger partial charge in [0, 0.05) is 25.3 Å². The van der Waals surface area contributed by atoms with Crippen LogP contribution in [0.4, 0.5) is 0 Å². The summed E-state index contributed by atoms with van der Waals surface area (Å²) < 4.78 is 10.9. The monoisotopic (exact) mass is 264 g/mol. The third-order valence-corrected chi connectivity index (χ3v) is 3.10. The normalized spacial score (nSPS) is 18.3. The van der Waals surface area contributed by atoms with E-state index in [0.717, 1.165) is 25.0 Å². The minimum atomic E-state index is -0.137. The minimum absolute atomic E-state index is 0.00370. The third kappa shape index (κ3) is 4.22. The van der Waals surface area contributed by atoms with Gasteiger partial charge in [0.2, 0.25) is 0 Å². The molecule has 1 aromatic carbocycles. The molecule has 1 aliphatic rings. The summed E-state index contributed by atoms with van der Waals surface area (Å²) in [6, 6.07) is 7.46. The van der Waals surface area contributed by atoms with E-state index in [9.17, 15) is 4.79 Å². The molecule has 1 aliphatic heterocycles. The summed E-state index contributed by atoms with van der Waals surface area (Å²) >= 11 is 0. The molecule has 0 spiro atoms. The van der Waals surface area contributed by atoms with Crippen LogP contribution in [0.3, 0.4) is 0 Å². The molecule has 1 fully saturated rings. The summed E-state index contributed by atoms with van der Waals surface area (Å²) in [7, 11) is 0. The molecular weight excluding hydrogens is 244 g/mol. The second-order valence-corrected chi connectivity index (χ2v) is 4.54.